The Balaban J connectivity index is 1.97. The van der Waals surface area contributed by atoms with Crippen molar-refractivity contribution in [1.82, 2.24) is 0 Å². The highest BCUT2D eigenvalue weighted by atomic mass is 32.2. The molecule has 0 amide bonds. The zero-order valence-electron chi connectivity index (χ0n) is 10.9. The smallest absolute Gasteiger partial charge is 0.194 e. The first-order valence-electron chi connectivity index (χ1n) is 6.53. The molecular formula is C15H19FO2S. The SMILES string of the molecule is C=CSCCCCC1(c2ccc(F)cc2)OCCO1. The van der Waals surface area contributed by atoms with Crippen molar-refractivity contribution in [3.05, 3.63) is 47.6 Å². The van der Waals surface area contributed by atoms with Gasteiger partial charge in [-0.15, -0.1) is 11.8 Å². The third-order valence-electron chi connectivity index (χ3n) is 3.17. The van der Waals surface area contributed by atoms with Gasteiger partial charge in [-0.3, -0.25) is 0 Å². The topological polar surface area (TPSA) is 18.5 Å². The Bertz CT molecular complexity index is 399. The minimum Gasteiger partial charge on any atom is -0.343 e. The summed E-state index contributed by atoms with van der Waals surface area (Å²) < 4.78 is 24.6. The predicted molar refractivity (Wildman–Crippen MR) is 76.5 cm³/mol. The molecule has 0 saturated carbocycles. The van der Waals surface area contributed by atoms with Crippen LogP contribution in [0.25, 0.3) is 0 Å². The van der Waals surface area contributed by atoms with Crippen molar-refractivity contribution in [2.75, 3.05) is 19.0 Å². The van der Waals surface area contributed by atoms with Crippen molar-refractivity contribution in [2.45, 2.75) is 25.0 Å². The summed E-state index contributed by atoms with van der Waals surface area (Å²) in [7, 11) is 0. The van der Waals surface area contributed by atoms with E-state index in [9.17, 15) is 4.39 Å². The van der Waals surface area contributed by atoms with Crippen LogP contribution in [-0.4, -0.2) is 19.0 Å². The molecule has 1 aromatic carbocycles. The van der Waals surface area contributed by atoms with E-state index in [0.717, 1.165) is 30.6 Å². The molecule has 1 saturated heterocycles. The fourth-order valence-corrected chi connectivity index (χ4v) is 2.78. The van der Waals surface area contributed by atoms with Gasteiger partial charge >= 0.3 is 0 Å². The van der Waals surface area contributed by atoms with E-state index < -0.39 is 5.79 Å². The van der Waals surface area contributed by atoms with Gasteiger partial charge in [0.15, 0.2) is 5.79 Å². The Morgan fingerprint density at radius 3 is 2.53 bits per heavy atom. The molecule has 0 aliphatic carbocycles. The number of hydrogen-bond acceptors (Lipinski definition) is 3. The van der Waals surface area contributed by atoms with E-state index in [4.69, 9.17) is 9.47 Å². The summed E-state index contributed by atoms with van der Waals surface area (Å²) in [6.07, 6.45) is 2.90. The molecule has 2 rings (SSSR count). The van der Waals surface area contributed by atoms with Gasteiger partial charge < -0.3 is 9.47 Å². The van der Waals surface area contributed by atoms with Crippen LogP contribution < -0.4 is 0 Å². The summed E-state index contributed by atoms with van der Waals surface area (Å²) in [5, 5.41) is 1.86. The second kappa shape index (κ2) is 7.08. The van der Waals surface area contributed by atoms with Crippen molar-refractivity contribution < 1.29 is 13.9 Å². The van der Waals surface area contributed by atoms with Crippen LogP contribution in [0.3, 0.4) is 0 Å². The van der Waals surface area contributed by atoms with Gasteiger partial charge in [0.2, 0.25) is 0 Å². The third kappa shape index (κ3) is 3.81. The maximum atomic E-state index is 13.0. The first-order valence-corrected chi connectivity index (χ1v) is 7.58. The van der Waals surface area contributed by atoms with Crippen LogP contribution in [0.2, 0.25) is 0 Å². The molecule has 104 valence electrons. The molecule has 1 aromatic rings. The van der Waals surface area contributed by atoms with E-state index in [0.29, 0.717) is 13.2 Å². The molecule has 0 atom stereocenters. The Labute approximate surface area is 118 Å². The van der Waals surface area contributed by atoms with Crippen LogP contribution in [-0.2, 0) is 15.3 Å². The minimum absolute atomic E-state index is 0.237. The van der Waals surface area contributed by atoms with Crippen molar-refractivity contribution >= 4 is 11.8 Å². The highest BCUT2D eigenvalue weighted by Gasteiger charge is 2.37. The fourth-order valence-electron chi connectivity index (χ4n) is 2.24. The highest BCUT2D eigenvalue weighted by molar-refractivity contribution is 8.02. The minimum atomic E-state index is -0.674. The van der Waals surface area contributed by atoms with Crippen LogP contribution in [0.5, 0.6) is 0 Å². The largest absolute Gasteiger partial charge is 0.343 e. The number of unbranched alkanes of at least 4 members (excludes halogenated alkanes) is 1. The van der Waals surface area contributed by atoms with Gasteiger partial charge in [-0.1, -0.05) is 18.7 Å². The lowest BCUT2D eigenvalue weighted by molar-refractivity contribution is -0.171. The second-order valence-electron chi connectivity index (χ2n) is 4.45. The molecule has 4 heteroatoms. The van der Waals surface area contributed by atoms with E-state index in [2.05, 4.69) is 6.58 Å². The molecule has 19 heavy (non-hydrogen) atoms. The molecule has 0 spiro atoms. The zero-order chi connectivity index (χ0) is 13.6. The number of benzene rings is 1. The zero-order valence-corrected chi connectivity index (χ0v) is 11.8. The molecule has 1 heterocycles. The van der Waals surface area contributed by atoms with Crippen LogP contribution in [0.15, 0.2) is 36.3 Å². The van der Waals surface area contributed by atoms with Crippen LogP contribution in [0.1, 0.15) is 24.8 Å². The molecule has 1 aliphatic heterocycles. The maximum Gasteiger partial charge on any atom is 0.194 e. The summed E-state index contributed by atoms with van der Waals surface area (Å²) in [6.45, 7) is 4.88. The van der Waals surface area contributed by atoms with Crippen molar-refractivity contribution in [2.24, 2.45) is 0 Å². The number of ether oxygens (including phenoxy) is 2. The van der Waals surface area contributed by atoms with Crippen molar-refractivity contribution in [3.63, 3.8) is 0 Å². The summed E-state index contributed by atoms with van der Waals surface area (Å²) in [4.78, 5) is 0. The van der Waals surface area contributed by atoms with E-state index in [-0.39, 0.29) is 5.82 Å². The molecule has 0 aromatic heterocycles. The van der Waals surface area contributed by atoms with Gasteiger partial charge in [-0.2, -0.15) is 0 Å². The lowest BCUT2D eigenvalue weighted by Crippen LogP contribution is -2.27. The number of halogens is 1. The van der Waals surface area contributed by atoms with Gasteiger partial charge in [-0.25, -0.2) is 4.39 Å². The van der Waals surface area contributed by atoms with Crippen LogP contribution in [0.4, 0.5) is 4.39 Å². The molecule has 1 aliphatic rings. The monoisotopic (exact) mass is 282 g/mol. The summed E-state index contributed by atoms with van der Waals surface area (Å²) in [6, 6.07) is 6.41. The van der Waals surface area contributed by atoms with E-state index >= 15 is 0 Å². The van der Waals surface area contributed by atoms with Gasteiger partial charge in [0.25, 0.3) is 0 Å². The molecule has 2 nitrogen and oxygen atoms in total. The van der Waals surface area contributed by atoms with Gasteiger partial charge in [0, 0.05) is 12.0 Å². The van der Waals surface area contributed by atoms with Gasteiger partial charge in [-0.05, 0) is 36.1 Å². The average molecular weight is 282 g/mol. The molecule has 0 N–H and O–H groups in total. The molecule has 1 fully saturated rings. The number of thioether (sulfide) groups is 1. The van der Waals surface area contributed by atoms with E-state index in [1.807, 2.05) is 5.41 Å². The predicted octanol–water partition coefficient (Wildman–Crippen LogP) is 4.07. The molecule has 0 bridgehead atoms. The Hall–Kier alpha value is -0.840. The standard InChI is InChI=1S/C15H19FO2S/c1-2-19-12-4-3-9-15(17-10-11-18-15)13-5-7-14(16)8-6-13/h2,5-8H,1,3-4,9-12H2. The highest BCUT2D eigenvalue weighted by Crippen LogP contribution is 2.36. The Morgan fingerprint density at radius 1 is 1.21 bits per heavy atom. The summed E-state index contributed by atoms with van der Waals surface area (Å²) in [5.41, 5.74) is 0.905. The quantitative estimate of drug-likeness (QED) is 0.702. The fraction of sp³-hybridized carbons (Fsp3) is 0.467. The number of rotatable bonds is 7. The lowest BCUT2D eigenvalue weighted by atomic mass is 10.00. The summed E-state index contributed by atoms with van der Waals surface area (Å²) in [5.74, 6) is 0.148. The van der Waals surface area contributed by atoms with E-state index in [1.165, 1.54) is 12.1 Å². The Kier molecular flexibility index (Phi) is 5.43. The lowest BCUT2D eigenvalue weighted by Gasteiger charge is -2.28. The average Bonchev–Trinajstić information content (AvgIpc) is 2.89. The third-order valence-corrected chi connectivity index (χ3v) is 3.93. The first kappa shape index (κ1) is 14.6. The second-order valence-corrected chi connectivity index (χ2v) is 5.53. The molecule has 0 unspecified atom stereocenters. The van der Waals surface area contributed by atoms with Gasteiger partial charge in [0.05, 0.1) is 13.2 Å². The molecule has 0 radical (unpaired) electrons. The maximum absolute atomic E-state index is 13.0. The number of hydrogen-bond donors (Lipinski definition) is 0. The van der Waals surface area contributed by atoms with Crippen molar-refractivity contribution in [1.29, 1.82) is 0 Å². The van der Waals surface area contributed by atoms with Gasteiger partial charge in [0.1, 0.15) is 5.82 Å². The van der Waals surface area contributed by atoms with Crippen LogP contribution in [0, 0.1) is 5.82 Å². The van der Waals surface area contributed by atoms with E-state index in [1.54, 1.807) is 23.9 Å². The molecular weight excluding hydrogens is 263 g/mol. The summed E-state index contributed by atoms with van der Waals surface area (Å²) >= 11 is 1.72. The van der Waals surface area contributed by atoms with Crippen molar-refractivity contribution in [3.8, 4) is 0 Å². The Morgan fingerprint density at radius 2 is 1.89 bits per heavy atom. The first-order chi connectivity index (χ1) is 9.27. The van der Waals surface area contributed by atoms with Crippen LogP contribution >= 0.6 is 11.8 Å². The normalized spacial score (nSPS) is 17.5.